The number of amides is 1. The van der Waals surface area contributed by atoms with Gasteiger partial charge in [0, 0.05) is 55.6 Å². The average Bonchev–Trinajstić information content (AvgIpc) is 2.87. The van der Waals surface area contributed by atoms with Crippen molar-refractivity contribution in [2.45, 2.75) is 32.2 Å². The smallest absolute Gasteiger partial charge is 0.222 e. The van der Waals surface area contributed by atoms with Gasteiger partial charge in [-0.2, -0.15) is 0 Å². The monoisotopic (exact) mass is 307 g/mol. The maximum atomic E-state index is 11.8. The lowest BCUT2D eigenvalue weighted by atomic mass is 9.97. The molecule has 4 nitrogen and oxygen atoms in total. The molecule has 3 rings (SSSR count). The van der Waals surface area contributed by atoms with Crippen LogP contribution in [0.15, 0.2) is 18.5 Å². The SMILES string of the molecule is O=C1CCCN1C[C@@H]1CCCN(Cc2cnccc2Cl)C1. The van der Waals surface area contributed by atoms with Gasteiger partial charge in [-0.15, -0.1) is 0 Å². The quantitative estimate of drug-likeness (QED) is 0.858. The van der Waals surface area contributed by atoms with E-state index < -0.39 is 0 Å². The molecular formula is C16H22ClN3O. The van der Waals surface area contributed by atoms with Crippen LogP contribution in [-0.4, -0.2) is 46.9 Å². The van der Waals surface area contributed by atoms with Gasteiger partial charge in [0.05, 0.1) is 0 Å². The Morgan fingerprint density at radius 2 is 2.24 bits per heavy atom. The van der Waals surface area contributed by atoms with Crippen molar-refractivity contribution in [3.05, 3.63) is 29.0 Å². The second-order valence-corrected chi connectivity index (χ2v) is 6.56. The van der Waals surface area contributed by atoms with Crippen LogP contribution in [0, 0.1) is 5.92 Å². The minimum atomic E-state index is 0.336. The zero-order chi connectivity index (χ0) is 14.7. The van der Waals surface area contributed by atoms with Crippen LogP contribution in [0.25, 0.3) is 0 Å². The Hall–Kier alpha value is -1.13. The molecule has 0 spiro atoms. The lowest BCUT2D eigenvalue weighted by Gasteiger charge is -2.34. The maximum absolute atomic E-state index is 11.8. The molecule has 0 radical (unpaired) electrons. The minimum absolute atomic E-state index is 0.336. The largest absolute Gasteiger partial charge is 0.342 e. The number of piperidine rings is 1. The van der Waals surface area contributed by atoms with Crippen molar-refractivity contribution >= 4 is 17.5 Å². The van der Waals surface area contributed by atoms with E-state index in [1.54, 1.807) is 6.20 Å². The second-order valence-electron chi connectivity index (χ2n) is 6.15. The predicted octanol–water partition coefficient (Wildman–Crippen LogP) is 2.57. The van der Waals surface area contributed by atoms with Crippen LogP contribution in [0.1, 0.15) is 31.2 Å². The Labute approximate surface area is 131 Å². The fourth-order valence-electron chi connectivity index (χ4n) is 3.42. The summed E-state index contributed by atoms with van der Waals surface area (Å²) in [7, 11) is 0. The van der Waals surface area contributed by atoms with E-state index in [4.69, 9.17) is 11.6 Å². The van der Waals surface area contributed by atoms with Gasteiger partial charge in [-0.1, -0.05) is 11.6 Å². The zero-order valence-corrected chi connectivity index (χ0v) is 13.1. The molecule has 0 N–H and O–H groups in total. The van der Waals surface area contributed by atoms with E-state index in [1.807, 2.05) is 17.2 Å². The molecule has 0 aromatic carbocycles. The lowest BCUT2D eigenvalue weighted by molar-refractivity contribution is -0.128. The minimum Gasteiger partial charge on any atom is -0.342 e. The molecule has 2 aliphatic heterocycles. The van der Waals surface area contributed by atoms with E-state index in [0.717, 1.165) is 56.2 Å². The first kappa shape index (κ1) is 14.8. The Kier molecular flexibility index (Phi) is 4.76. The number of rotatable bonds is 4. The van der Waals surface area contributed by atoms with E-state index in [0.29, 0.717) is 11.8 Å². The molecule has 1 atom stereocenters. The third kappa shape index (κ3) is 3.74. The van der Waals surface area contributed by atoms with Gasteiger partial charge in [-0.25, -0.2) is 0 Å². The highest BCUT2D eigenvalue weighted by Crippen LogP contribution is 2.23. The normalized spacial score (nSPS) is 23.8. The third-order valence-corrected chi connectivity index (χ3v) is 4.86. The summed E-state index contributed by atoms with van der Waals surface area (Å²) in [4.78, 5) is 20.4. The fraction of sp³-hybridized carbons (Fsp3) is 0.625. The first-order valence-electron chi connectivity index (χ1n) is 7.81. The summed E-state index contributed by atoms with van der Waals surface area (Å²) in [5.74, 6) is 0.929. The first-order valence-corrected chi connectivity index (χ1v) is 8.18. The standard InChI is InChI=1S/C16H22ClN3O/c17-15-5-6-18-9-14(15)12-19-7-1-3-13(10-19)11-20-8-2-4-16(20)21/h5-6,9,13H,1-4,7-8,10-12H2/t13-/m1/s1. The molecule has 3 heterocycles. The summed E-state index contributed by atoms with van der Waals surface area (Å²) < 4.78 is 0. The van der Waals surface area contributed by atoms with Crippen LogP contribution in [0.5, 0.6) is 0 Å². The first-order chi connectivity index (χ1) is 10.2. The number of carbonyl (C=O) groups excluding carboxylic acids is 1. The average molecular weight is 308 g/mol. The molecule has 0 bridgehead atoms. The molecule has 1 amide bonds. The van der Waals surface area contributed by atoms with E-state index in [-0.39, 0.29) is 0 Å². The summed E-state index contributed by atoms with van der Waals surface area (Å²) in [5.41, 5.74) is 1.09. The number of aromatic nitrogens is 1. The van der Waals surface area contributed by atoms with Gasteiger partial charge in [-0.3, -0.25) is 14.7 Å². The van der Waals surface area contributed by atoms with Gasteiger partial charge in [0.1, 0.15) is 0 Å². The van der Waals surface area contributed by atoms with E-state index in [9.17, 15) is 4.79 Å². The molecule has 114 valence electrons. The zero-order valence-electron chi connectivity index (χ0n) is 12.3. The number of likely N-dealkylation sites (tertiary alicyclic amines) is 2. The van der Waals surface area contributed by atoms with Crippen LogP contribution in [0.3, 0.4) is 0 Å². The summed E-state index contributed by atoms with van der Waals surface area (Å²) in [5, 5.41) is 0.793. The molecule has 1 aromatic heterocycles. The van der Waals surface area contributed by atoms with Crippen molar-refractivity contribution in [1.29, 1.82) is 0 Å². The van der Waals surface area contributed by atoms with Gasteiger partial charge in [0.2, 0.25) is 5.91 Å². The molecular weight excluding hydrogens is 286 g/mol. The van der Waals surface area contributed by atoms with E-state index in [2.05, 4.69) is 9.88 Å². The number of nitrogens with zero attached hydrogens (tertiary/aromatic N) is 3. The number of halogens is 1. The van der Waals surface area contributed by atoms with Crippen LogP contribution in [-0.2, 0) is 11.3 Å². The highest BCUT2D eigenvalue weighted by atomic mass is 35.5. The van der Waals surface area contributed by atoms with Gasteiger partial charge < -0.3 is 4.90 Å². The molecule has 0 unspecified atom stereocenters. The fourth-order valence-corrected chi connectivity index (χ4v) is 3.58. The highest BCUT2D eigenvalue weighted by Gasteiger charge is 2.26. The van der Waals surface area contributed by atoms with Gasteiger partial charge in [0.25, 0.3) is 0 Å². The molecule has 21 heavy (non-hydrogen) atoms. The van der Waals surface area contributed by atoms with Crippen molar-refractivity contribution in [2.24, 2.45) is 5.92 Å². The summed E-state index contributed by atoms with van der Waals surface area (Å²) in [6.07, 6.45) is 7.77. The summed E-state index contributed by atoms with van der Waals surface area (Å²) in [6, 6.07) is 1.85. The van der Waals surface area contributed by atoms with E-state index in [1.165, 1.54) is 12.8 Å². The molecule has 1 aromatic rings. The van der Waals surface area contributed by atoms with E-state index >= 15 is 0 Å². The summed E-state index contributed by atoms with van der Waals surface area (Å²) in [6.45, 7) is 4.89. The second kappa shape index (κ2) is 6.75. The number of hydrogen-bond donors (Lipinski definition) is 0. The van der Waals surface area contributed by atoms with Gasteiger partial charge >= 0.3 is 0 Å². The maximum Gasteiger partial charge on any atom is 0.222 e. The van der Waals surface area contributed by atoms with Crippen LogP contribution in [0.4, 0.5) is 0 Å². The van der Waals surface area contributed by atoms with Gasteiger partial charge in [0.15, 0.2) is 0 Å². The van der Waals surface area contributed by atoms with Crippen LogP contribution < -0.4 is 0 Å². The Balaban J connectivity index is 1.56. The van der Waals surface area contributed by atoms with Gasteiger partial charge in [-0.05, 0) is 37.8 Å². The van der Waals surface area contributed by atoms with Crippen molar-refractivity contribution in [3.63, 3.8) is 0 Å². The van der Waals surface area contributed by atoms with Crippen molar-refractivity contribution < 1.29 is 4.79 Å². The van der Waals surface area contributed by atoms with Crippen LogP contribution >= 0.6 is 11.6 Å². The Morgan fingerprint density at radius 1 is 1.33 bits per heavy atom. The predicted molar refractivity (Wildman–Crippen MR) is 83.1 cm³/mol. The van der Waals surface area contributed by atoms with Crippen LogP contribution in [0.2, 0.25) is 5.02 Å². The molecule has 2 saturated heterocycles. The number of carbonyl (C=O) groups is 1. The van der Waals surface area contributed by atoms with Crippen molar-refractivity contribution in [1.82, 2.24) is 14.8 Å². The van der Waals surface area contributed by atoms with Crippen molar-refractivity contribution in [2.75, 3.05) is 26.2 Å². The summed E-state index contributed by atoms with van der Waals surface area (Å²) >= 11 is 6.22. The molecule has 2 fully saturated rings. The highest BCUT2D eigenvalue weighted by molar-refractivity contribution is 6.31. The Bertz CT molecular complexity index is 508. The number of pyridine rings is 1. The molecule has 0 saturated carbocycles. The van der Waals surface area contributed by atoms with Crippen molar-refractivity contribution in [3.8, 4) is 0 Å². The molecule has 5 heteroatoms. The molecule has 0 aliphatic carbocycles. The lowest BCUT2D eigenvalue weighted by Crippen LogP contribution is -2.41. The number of hydrogen-bond acceptors (Lipinski definition) is 3. The molecule has 2 aliphatic rings. The Morgan fingerprint density at radius 3 is 3.00 bits per heavy atom. The topological polar surface area (TPSA) is 36.4 Å². The third-order valence-electron chi connectivity index (χ3n) is 4.49.